The van der Waals surface area contributed by atoms with Gasteiger partial charge in [0, 0.05) is 14.6 Å². The Bertz CT molecular complexity index is 301. The first kappa shape index (κ1) is 12.1. The lowest BCUT2D eigenvalue weighted by molar-refractivity contribution is 0.281. The van der Waals surface area contributed by atoms with Gasteiger partial charge in [-0.2, -0.15) is 0 Å². The van der Waals surface area contributed by atoms with Crippen molar-refractivity contribution in [1.82, 2.24) is 0 Å². The standard InChI is InChI=1S/C11H15BrOS/c1-3-8(2)14-11-5-4-9(7-13)6-10(11)12/h4-6,8,13H,3,7H2,1-2H3. The summed E-state index contributed by atoms with van der Waals surface area (Å²) in [5, 5.41) is 9.58. The first-order chi connectivity index (χ1) is 6.67. The largest absolute Gasteiger partial charge is 0.392 e. The molecule has 1 aromatic carbocycles. The molecule has 1 atom stereocenters. The molecule has 0 aliphatic carbocycles. The van der Waals surface area contributed by atoms with E-state index in [-0.39, 0.29) is 6.61 Å². The molecule has 0 aliphatic heterocycles. The van der Waals surface area contributed by atoms with Gasteiger partial charge in [0.25, 0.3) is 0 Å². The van der Waals surface area contributed by atoms with Crippen LogP contribution in [0.25, 0.3) is 0 Å². The van der Waals surface area contributed by atoms with Crippen molar-refractivity contribution in [2.75, 3.05) is 0 Å². The summed E-state index contributed by atoms with van der Waals surface area (Å²) in [6.45, 7) is 4.51. The van der Waals surface area contributed by atoms with E-state index in [1.807, 2.05) is 23.9 Å². The molecule has 1 rings (SSSR count). The monoisotopic (exact) mass is 274 g/mol. The molecule has 14 heavy (non-hydrogen) atoms. The molecule has 0 saturated carbocycles. The summed E-state index contributed by atoms with van der Waals surface area (Å²) < 4.78 is 1.08. The second-order valence-electron chi connectivity index (χ2n) is 3.26. The van der Waals surface area contributed by atoms with Crippen molar-refractivity contribution in [3.05, 3.63) is 28.2 Å². The fourth-order valence-electron chi connectivity index (χ4n) is 1.04. The van der Waals surface area contributed by atoms with Gasteiger partial charge in [0.1, 0.15) is 0 Å². The highest BCUT2D eigenvalue weighted by Gasteiger charge is 2.05. The number of benzene rings is 1. The zero-order chi connectivity index (χ0) is 10.6. The Morgan fingerprint density at radius 1 is 1.50 bits per heavy atom. The third-order valence-corrected chi connectivity index (χ3v) is 4.35. The Hall–Kier alpha value is 0.01000. The fraction of sp³-hybridized carbons (Fsp3) is 0.455. The summed E-state index contributed by atoms with van der Waals surface area (Å²) >= 11 is 5.37. The zero-order valence-electron chi connectivity index (χ0n) is 8.46. The van der Waals surface area contributed by atoms with Crippen molar-refractivity contribution in [2.45, 2.75) is 37.0 Å². The molecule has 1 aromatic rings. The summed E-state index contributed by atoms with van der Waals surface area (Å²) in [5.74, 6) is 0. The minimum atomic E-state index is 0.104. The van der Waals surface area contributed by atoms with Crippen LogP contribution in [0.15, 0.2) is 27.6 Å². The fourth-order valence-corrected chi connectivity index (χ4v) is 2.66. The van der Waals surface area contributed by atoms with E-state index in [9.17, 15) is 0 Å². The molecular weight excluding hydrogens is 260 g/mol. The number of hydrogen-bond acceptors (Lipinski definition) is 2. The summed E-state index contributed by atoms with van der Waals surface area (Å²) in [6, 6.07) is 6.01. The number of aliphatic hydroxyl groups excluding tert-OH is 1. The van der Waals surface area contributed by atoms with E-state index in [1.165, 1.54) is 11.3 Å². The van der Waals surface area contributed by atoms with Gasteiger partial charge in [-0.05, 0) is 40.0 Å². The highest BCUT2D eigenvalue weighted by Crippen LogP contribution is 2.32. The highest BCUT2D eigenvalue weighted by atomic mass is 79.9. The van der Waals surface area contributed by atoms with Crippen LogP contribution >= 0.6 is 27.7 Å². The van der Waals surface area contributed by atoms with Gasteiger partial charge in [-0.25, -0.2) is 0 Å². The number of rotatable bonds is 4. The molecule has 0 aliphatic rings. The molecule has 3 heteroatoms. The Morgan fingerprint density at radius 3 is 2.71 bits per heavy atom. The highest BCUT2D eigenvalue weighted by molar-refractivity contribution is 9.10. The van der Waals surface area contributed by atoms with Crippen molar-refractivity contribution in [3.8, 4) is 0 Å². The Morgan fingerprint density at radius 2 is 2.21 bits per heavy atom. The maximum absolute atomic E-state index is 8.95. The molecule has 1 N–H and O–H groups in total. The third-order valence-electron chi connectivity index (χ3n) is 2.08. The second kappa shape index (κ2) is 5.79. The van der Waals surface area contributed by atoms with E-state index < -0.39 is 0 Å². The van der Waals surface area contributed by atoms with Gasteiger partial charge in [-0.3, -0.25) is 0 Å². The minimum absolute atomic E-state index is 0.104. The molecule has 0 fully saturated rings. The predicted octanol–water partition coefficient (Wildman–Crippen LogP) is 3.83. The molecule has 78 valence electrons. The van der Waals surface area contributed by atoms with Crippen molar-refractivity contribution in [2.24, 2.45) is 0 Å². The maximum atomic E-state index is 8.95. The van der Waals surface area contributed by atoms with Gasteiger partial charge in [0.05, 0.1) is 6.61 Å². The van der Waals surface area contributed by atoms with Crippen molar-refractivity contribution in [1.29, 1.82) is 0 Å². The van der Waals surface area contributed by atoms with Crippen LogP contribution in [0.2, 0.25) is 0 Å². The van der Waals surface area contributed by atoms with Gasteiger partial charge in [-0.15, -0.1) is 11.8 Å². The van der Waals surface area contributed by atoms with E-state index >= 15 is 0 Å². The first-order valence-electron chi connectivity index (χ1n) is 4.73. The number of thioether (sulfide) groups is 1. The van der Waals surface area contributed by atoms with E-state index in [0.29, 0.717) is 5.25 Å². The average Bonchev–Trinajstić information content (AvgIpc) is 2.20. The number of aliphatic hydroxyl groups is 1. The Labute approximate surface area is 98.0 Å². The Balaban J connectivity index is 2.78. The lowest BCUT2D eigenvalue weighted by atomic mass is 10.2. The quantitative estimate of drug-likeness (QED) is 0.843. The van der Waals surface area contributed by atoms with E-state index in [2.05, 4.69) is 35.8 Å². The van der Waals surface area contributed by atoms with Crippen LogP contribution < -0.4 is 0 Å². The van der Waals surface area contributed by atoms with Crippen LogP contribution in [0, 0.1) is 0 Å². The smallest absolute Gasteiger partial charge is 0.0682 e. The first-order valence-corrected chi connectivity index (χ1v) is 6.40. The molecule has 0 heterocycles. The summed E-state index contributed by atoms with van der Waals surface area (Å²) in [4.78, 5) is 1.25. The van der Waals surface area contributed by atoms with Crippen LogP contribution in [0.3, 0.4) is 0 Å². The molecule has 0 spiro atoms. The molecule has 1 unspecified atom stereocenters. The van der Waals surface area contributed by atoms with Crippen LogP contribution in [-0.4, -0.2) is 10.4 Å². The van der Waals surface area contributed by atoms with Crippen LogP contribution in [0.4, 0.5) is 0 Å². The van der Waals surface area contributed by atoms with Crippen molar-refractivity contribution < 1.29 is 5.11 Å². The molecule has 0 saturated heterocycles. The lowest BCUT2D eigenvalue weighted by Gasteiger charge is -2.10. The van der Waals surface area contributed by atoms with Gasteiger partial charge < -0.3 is 5.11 Å². The van der Waals surface area contributed by atoms with Crippen LogP contribution in [0.1, 0.15) is 25.8 Å². The summed E-state index contributed by atoms with van der Waals surface area (Å²) in [5.41, 5.74) is 0.949. The molecule has 0 aromatic heterocycles. The summed E-state index contributed by atoms with van der Waals surface area (Å²) in [7, 11) is 0. The van der Waals surface area contributed by atoms with Gasteiger partial charge >= 0.3 is 0 Å². The molecule has 0 bridgehead atoms. The number of hydrogen-bond donors (Lipinski definition) is 1. The molecule has 1 nitrogen and oxygen atoms in total. The molecular formula is C11H15BrOS. The van der Waals surface area contributed by atoms with E-state index in [4.69, 9.17) is 5.11 Å². The second-order valence-corrected chi connectivity index (χ2v) is 5.59. The predicted molar refractivity (Wildman–Crippen MR) is 65.7 cm³/mol. The van der Waals surface area contributed by atoms with Gasteiger partial charge in [0.15, 0.2) is 0 Å². The SMILES string of the molecule is CCC(C)Sc1ccc(CO)cc1Br. The zero-order valence-corrected chi connectivity index (χ0v) is 10.9. The molecule has 0 amide bonds. The molecule has 0 radical (unpaired) electrons. The van der Waals surface area contributed by atoms with Gasteiger partial charge in [0.2, 0.25) is 0 Å². The lowest BCUT2D eigenvalue weighted by Crippen LogP contribution is -1.93. The van der Waals surface area contributed by atoms with Crippen molar-refractivity contribution in [3.63, 3.8) is 0 Å². The number of halogens is 1. The Kier molecular flexibility index (Phi) is 4.99. The van der Waals surface area contributed by atoms with E-state index in [0.717, 1.165) is 10.0 Å². The topological polar surface area (TPSA) is 20.2 Å². The van der Waals surface area contributed by atoms with Crippen LogP contribution in [-0.2, 0) is 6.61 Å². The third kappa shape index (κ3) is 3.30. The maximum Gasteiger partial charge on any atom is 0.0682 e. The normalized spacial score (nSPS) is 12.9. The van der Waals surface area contributed by atoms with Crippen LogP contribution in [0.5, 0.6) is 0 Å². The van der Waals surface area contributed by atoms with Gasteiger partial charge in [-0.1, -0.05) is 19.9 Å². The minimum Gasteiger partial charge on any atom is -0.392 e. The van der Waals surface area contributed by atoms with E-state index in [1.54, 1.807) is 0 Å². The average molecular weight is 275 g/mol. The van der Waals surface area contributed by atoms with Crippen molar-refractivity contribution >= 4 is 27.7 Å². The summed E-state index contributed by atoms with van der Waals surface area (Å²) in [6.07, 6.45) is 1.17.